The molecule has 1 heterocycles. The van der Waals surface area contributed by atoms with Crippen molar-refractivity contribution in [3.05, 3.63) is 57.2 Å². The second kappa shape index (κ2) is 10.8. The summed E-state index contributed by atoms with van der Waals surface area (Å²) < 4.78 is 0. The van der Waals surface area contributed by atoms with E-state index in [2.05, 4.69) is 27.1 Å². The first-order valence-electron chi connectivity index (χ1n) is 8.54. The number of likely N-dealkylation sites (N-methyl/N-ethyl adjacent to an activating group) is 1. The standard InChI is InChI=1S/C19H25ClN4OS/c1-24(2)18(25)14-23-19(22-12-10-16-7-5-13-26-16)21-11-9-15-6-3-4-8-17(15)20/h3-8,13H,9-12,14H2,1-2H3,(H2,21,22,23). The number of guanidine groups is 1. The summed E-state index contributed by atoms with van der Waals surface area (Å²) in [7, 11) is 3.46. The van der Waals surface area contributed by atoms with Crippen LogP contribution in [0.1, 0.15) is 10.4 Å². The first kappa shape index (κ1) is 20.3. The van der Waals surface area contributed by atoms with E-state index in [0.29, 0.717) is 12.5 Å². The normalized spacial score (nSPS) is 11.3. The Balaban J connectivity index is 1.87. The second-order valence-corrected chi connectivity index (χ2v) is 7.42. The molecule has 2 rings (SSSR count). The van der Waals surface area contributed by atoms with Crippen LogP contribution in [0.5, 0.6) is 0 Å². The molecule has 2 N–H and O–H groups in total. The fourth-order valence-corrected chi connectivity index (χ4v) is 3.18. The van der Waals surface area contributed by atoms with Gasteiger partial charge in [0.2, 0.25) is 5.91 Å². The van der Waals surface area contributed by atoms with Crippen LogP contribution in [-0.2, 0) is 17.6 Å². The van der Waals surface area contributed by atoms with Gasteiger partial charge in [0.05, 0.1) is 0 Å². The molecule has 0 fully saturated rings. The Kier molecular flexibility index (Phi) is 8.44. The second-order valence-electron chi connectivity index (χ2n) is 5.98. The Morgan fingerprint density at radius 1 is 1.12 bits per heavy atom. The highest BCUT2D eigenvalue weighted by Gasteiger charge is 2.05. The molecule has 0 radical (unpaired) electrons. The van der Waals surface area contributed by atoms with Crippen LogP contribution in [0.3, 0.4) is 0 Å². The molecule has 5 nitrogen and oxygen atoms in total. The number of nitrogens with zero attached hydrogens (tertiary/aromatic N) is 2. The van der Waals surface area contributed by atoms with Gasteiger partial charge in [0.15, 0.2) is 5.96 Å². The zero-order valence-corrected chi connectivity index (χ0v) is 16.7. The van der Waals surface area contributed by atoms with Gasteiger partial charge in [-0.1, -0.05) is 35.9 Å². The molecule has 0 spiro atoms. The highest BCUT2D eigenvalue weighted by molar-refractivity contribution is 7.09. The van der Waals surface area contributed by atoms with Gasteiger partial charge in [-0.25, -0.2) is 4.99 Å². The summed E-state index contributed by atoms with van der Waals surface area (Å²) >= 11 is 7.93. The molecule has 0 aliphatic rings. The zero-order valence-electron chi connectivity index (χ0n) is 15.2. The molecule has 0 unspecified atom stereocenters. The predicted octanol–water partition coefficient (Wildman–Crippen LogP) is 2.81. The summed E-state index contributed by atoms with van der Waals surface area (Å²) in [5.74, 6) is 0.610. The number of hydrogen-bond acceptors (Lipinski definition) is 3. The van der Waals surface area contributed by atoms with Gasteiger partial charge >= 0.3 is 0 Å². The van der Waals surface area contributed by atoms with Crippen molar-refractivity contribution < 1.29 is 4.79 Å². The van der Waals surface area contributed by atoms with Gasteiger partial charge in [0.1, 0.15) is 6.54 Å². The van der Waals surface area contributed by atoms with E-state index < -0.39 is 0 Å². The van der Waals surface area contributed by atoms with Crippen molar-refractivity contribution >= 4 is 34.8 Å². The predicted molar refractivity (Wildman–Crippen MR) is 110 cm³/mol. The number of thiophene rings is 1. The Bertz CT molecular complexity index is 716. The summed E-state index contributed by atoms with van der Waals surface area (Å²) in [5.41, 5.74) is 1.09. The van der Waals surface area contributed by atoms with Crippen LogP contribution in [-0.4, -0.2) is 50.5 Å². The molecule has 1 amide bonds. The van der Waals surface area contributed by atoms with Crippen LogP contribution < -0.4 is 10.6 Å². The molecule has 1 aromatic heterocycles. The highest BCUT2D eigenvalue weighted by Crippen LogP contribution is 2.14. The average molecular weight is 393 g/mol. The lowest BCUT2D eigenvalue weighted by molar-refractivity contribution is -0.127. The number of hydrogen-bond donors (Lipinski definition) is 2. The minimum Gasteiger partial charge on any atom is -0.356 e. The summed E-state index contributed by atoms with van der Waals surface area (Å²) in [6.07, 6.45) is 1.71. The summed E-state index contributed by atoms with van der Waals surface area (Å²) in [6.45, 7) is 1.56. The van der Waals surface area contributed by atoms with Crippen molar-refractivity contribution in [1.29, 1.82) is 0 Å². The quantitative estimate of drug-likeness (QED) is 0.536. The molecule has 0 saturated carbocycles. The maximum Gasteiger partial charge on any atom is 0.243 e. The van der Waals surface area contributed by atoms with Gasteiger partial charge in [-0.3, -0.25) is 4.79 Å². The molecule has 1 aromatic carbocycles. The number of nitrogens with one attached hydrogen (secondary N) is 2. The smallest absolute Gasteiger partial charge is 0.243 e. The minimum absolute atomic E-state index is 0.0320. The Hall–Kier alpha value is -2.05. The van der Waals surface area contributed by atoms with Crippen LogP contribution in [0.4, 0.5) is 0 Å². The third-order valence-electron chi connectivity index (χ3n) is 3.76. The highest BCUT2D eigenvalue weighted by atomic mass is 35.5. The van der Waals surface area contributed by atoms with Gasteiger partial charge in [-0.15, -0.1) is 11.3 Å². The molecule has 0 aliphatic carbocycles. The molecule has 0 saturated heterocycles. The lowest BCUT2D eigenvalue weighted by Gasteiger charge is -2.14. The molecule has 0 atom stereocenters. The lowest BCUT2D eigenvalue weighted by atomic mass is 10.1. The van der Waals surface area contributed by atoms with E-state index in [4.69, 9.17) is 11.6 Å². The van der Waals surface area contributed by atoms with E-state index in [9.17, 15) is 4.79 Å². The fraction of sp³-hybridized carbons (Fsp3) is 0.368. The number of carbonyl (C=O) groups excluding carboxylic acids is 1. The van der Waals surface area contributed by atoms with E-state index >= 15 is 0 Å². The van der Waals surface area contributed by atoms with E-state index in [1.807, 2.05) is 30.3 Å². The third kappa shape index (κ3) is 7.06. The van der Waals surface area contributed by atoms with Crippen LogP contribution in [0.2, 0.25) is 5.02 Å². The van der Waals surface area contributed by atoms with Crippen molar-refractivity contribution in [2.24, 2.45) is 4.99 Å². The average Bonchev–Trinajstić information content (AvgIpc) is 3.13. The van der Waals surface area contributed by atoms with Crippen LogP contribution >= 0.6 is 22.9 Å². The molecule has 7 heteroatoms. The Morgan fingerprint density at radius 3 is 2.50 bits per heavy atom. The van der Waals surface area contributed by atoms with Crippen molar-refractivity contribution in [3.63, 3.8) is 0 Å². The monoisotopic (exact) mass is 392 g/mol. The molecule has 140 valence electrons. The van der Waals surface area contributed by atoms with Gasteiger partial charge in [0, 0.05) is 37.1 Å². The number of carbonyl (C=O) groups is 1. The third-order valence-corrected chi connectivity index (χ3v) is 5.06. The summed E-state index contributed by atoms with van der Waals surface area (Å²) in [4.78, 5) is 19.0. The van der Waals surface area contributed by atoms with Crippen LogP contribution in [0.15, 0.2) is 46.8 Å². The number of halogens is 1. The van der Waals surface area contributed by atoms with Gasteiger partial charge < -0.3 is 15.5 Å². The number of benzene rings is 1. The number of amides is 1. The van der Waals surface area contributed by atoms with Gasteiger partial charge in [-0.2, -0.15) is 0 Å². The van der Waals surface area contributed by atoms with Crippen molar-refractivity contribution in [2.75, 3.05) is 33.7 Å². The van der Waals surface area contributed by atoms with Gasteiger partial charge in [-0.05, 0) is 35.9 Å². The van der Waals surface area contributed by atoms with Gasteiger partial charge in [0.25, 0.3) is 0 Å². The van der Waals surface area contributed by atoms with Crippen LogP contribution in [0, 0.1) is 0 Å². The maximum absolute atomic E-state index is 11.8. The van der Waals surface area contributed by atoms with Crippen LogP contribution in [0.25, 0.3) is 0 Å². The van der Waals surface area contributed by atoms with Crippen molar-refractivity contribution in [3.8, 4) is 0 Å². The topological polar surface area (TPSA) is 56.7 Å². The molecule has 0 bridgehead atoms. The molecule has 26 heavy (non-hydrogen) atoms. The molecule has 0 aliphatic heterocycles. The van der Waals surface area contributed by atoms with E-state index in [-0.39, 0.29) is 12.5 Å². The SMILES string of the molecule is CN(C)C(=O)CN=C(NCCc1cccs1)NCCc1ccccc1Cl. The lowest BCUT2D eigenvalue weighted by Crippen LogP contribution is -2.40. The van der Waals surface area contributed by atoms with E-state index in [0.717, 1.165) is 30.0 Å². The summed E-state index contributed by atoms with van der Waals surface area (Å²) in [6, 6.07) is 12.0. The first-order chi connectivity index (χ1) is 12.6. The van der Waals surface area contributed by atoms with Crippen molar-refractivity contribution in [2.45, 2.75) is 12.8 Å². The van der Waals surface area contributed by atoms with E-state index in [1.165, 1.54) is 9.78 Å². The number of rotatable bonds is 8. The molecular weight excluding hydrogens is 368 g/mol. The maximum atomic E-state index is 11.8. The van der Waals surface area contributed by atoms with Crippen molar-refractivity contribution in [1.82, 2.24) is 15.5 Å². The largest absolute Gasteiger partial charge is 0.356 e. The fourth-order valence-electron chi connectivity index (χ4n) is 2.24. The van der Waals surface area contributed by atoms with E-state index in [1.54, 1.807) is 25.4 Å². The minimum atomic E-state index is -0.0320. The molecule has 2 aromatic rings. The molecular formula is C19H25ClN4OS. The Labute approximate surface area is 164 Å². The number of aliphatic imine (C=N–C) groups is 1. The first-order valence-corrected chi connectivity index (χ1v) is 9.80. The Morgan fingerprint density at radius 2 is 1.85 bits per heavy atom. The summed E-state index contributed by atoms with van der Waals surface area (Å²) in [5, 5.41) is 9.41. The zero-order chi connectivity index (χ0) is 18.8.